The first-order chi connectivity index (χ1) is 10.6. The minimum atomic E-state index is -0.524. The highest BCUT2D eigenvalue weighted by Crippen LogP contribution is 2.25. The highest BCUT2D eigenvalue weighted by molar-refractivity contribution is 5.75. The molecule has 3 N–H and O–H groups in total. The van der Waals surface area contributed by atoms with Crippen molar-refractivity contribution in [2.75, 3.05) is 19.7 Å². The van der Waals surface area contributed by atoms with E-state index in [9.17, 15) is 9.90 Å². The summed E-state index contributed by atoms with van der Waals surface area (Å²) in [7, 11) is 0. The summed E-state index contributed by atoms with van der Waals surface area (Å²) in [5.74, 6) is 0.0724. The molecule has 0 aliphatic carbocycles. The van der Waals surface area contributed by atoms with Gasteiger partial charge < -0.3 is 15.2 Å². The third-order valence-corrected chi connectivity index (χ3v) is 4.22. The van der Waals surface area contributed by atoms with Gasteiger partial charge in [0.15, 0.2) is 0 Å². The van der Waals surface area contributed by atoms with Crippen LogP contribution in [0.4, 0.5) is 0 Å². The number of rotatable bonds is 13. The van der Waals surface area contributed by atoms with Gasteiger partial charge >= 0.3 is 0 Å². The molecule has 1 atom stereocenters. The second kappa shape index (κ2) is 11.0. The molecule has 0 rings (SSSR count). The van der Waals surface area contributed by atoms with Crippen LogP contribution in [0.15, 0.2) is 0 Å². The molecule has 5 heteroatoms. The van der Waals surface area contributed by atoms with E-state index in [1.807, 2.05) is 20.8 Å². The fourth-order valence-electron chi connectivity index (χ4n) is 2.12. The van der Waals surface area contributed by atoms with E-state index in [-0.39, 0.29) is 16.9 Å². The van der Waals surface area contributed by atoms with E-state index in [2.05, 4.69) is 31.4 Å². The van der Waals surface area contributed by atoms with Crippen molar-refractivity contribution in [3.63, 3.8) is 0 Å². The highest BCUT2D eigenvalue weighted by Gasteiger charge is 2.28. The van der Waals surface area contributed by atoms with Crippen LogP contribution in [-0.4, -0.2) is 42.5 Å². The van der Waals surface area contributed by atoms with Crippen molar-refractivity contribution in [2.24, 2.45) is 5.41 Å². The zero-order chi connectivity index (χ0) is 17.9. The van der Waals surface area contributed by atoms with Gasteiger partial charge in [-0.15, -0.1) is 0 Å². The molecule has 23 heavy (non-hydrogen) atoms. The summed E-state index contributed by atoms with van der Waals surface area (Å²) in [5, 5.41) is 16.3. The normalized spacial score (nSPS) is 13.9. The zero-order valence-corrected chi connectivity index (χ0v) is 16.0. The Hall–Kier alpha value is -0.650. The molecule has 0 bridgehead atoms. The Kier molecular flexibility index (Phi) is 10.7. The molecular formula is C18H38N2O3. The molecular weight excluding hydrogens is 292 g/mol. The maximum atomic E-state index is 11.2. The van der Waals surface area contributed by atoms with Gasteiger partial charge in [0.1, 0.15) is 6.23 Å². The van der Waals surface area contributed by atoms with Crippen LogP contribution in [0.3, 0.4) is 0 Å². The first-order valence-electron chi connectivity index (χ1n) is 8.96. The second-order valence-electron chi connectivity index (χ2n) is 7.51. The molecule has 5 nitrogen and oxygen atoms in total. The van der Waals surface area contributed by atoms with Crippen LogP contribution in [0.2, 0.25) is 0 Å². The SMILES string of the molecule is CCCCNC(O)C(C)(C)CCOC(C)(C)CCNC(=O)CC. The summed E-state index contributed by atoms with van der Waals surface area (Å²) in [5.41, 5.74) is -0.516. The third kappa shape index (κ3) is 10.7. The Morgan fingerprint density at radius 1 is 1.13 bits per heavy atom. The molecule has 1 amide bonds. The molecule has 0 aromatic heterocycles. The zero-order valence-electron chi connectivity index (χ0n) is 16.0. The third-order valence-electron chi connectivity index (χ3n) is 4.22. The molecule has 0 saturated heterocycles. The number of hydrogen-bond acceptors (Lipinski definition) is 4. The van der Waals surface area contributed by atoms with Gasteiger partial charge in [-0.25, -0.2) is 0 Å². The lowest BCUT2D eigenvalue weighted by atomic mass is 9.87. The molecule has 0 radical (unpaired) electrons. The van der Waals surface area contributed by atoms with E-state index < -0.39 is 6.23 Å². The van der Waals surface area contributed by atoms with Crippen molar-refractivity contribution in [1.29, 1.82) is 0 Å². The van der Waals surface area contributed by atoms with Crippen molar-refractivity contribution < 1.29 is 14.6 Å². The summed E-state index contributed by atoms with van der Waals surface area (Å²) >= 11 is 0. The van der Waals surface area contributed by atoms with E-state index in [1.54, 1.807) is 0 Å². The number of aliphatic hydroxyl groups is 1. The number of carbonyl (C=O) groups excluding carboxylic acids is 1. The summed E-state index contributed by atoms with van der Waals surface area (Å²) in [6.07, 6.45) is 3.73. The van der Waals surface area contributed by atoms with Crippen LogP contribution in [0.5, 0.6) is 0 Å². The van der Waals surface area contributed by atoms with Gasteiger partial charge in [-0.1, -0.05) is 34.1 Å². The van der Waals surface area contributed by atoms with E-state index in [1.165, 1.54) is 0 Å². The molecule has 0 saturated carbocycles. The number of ether oxygens (including phenoxy) is 1. The number of hydrogen-bond donors (Lipinski definition) is 3. The van der Waals surface area contributed by atoms with E-state index >= 15 is 0 Å². The van der Waals surface area contributed by atoms with Crippen molar-refractivity contribution >= 4 is 5.91 Å². The lowest BCUT2D eigenvalue weighted by Crippen LogP contribution is -2.43. The van der Waals surface area contributed by atoms with Gasteiger partial charge in [0.2, 0.25) is 5.91 Å². The molecule has 0 fully saturated rings. The minimum absolute atomic E-state index is 0.0724. The Morgan fingerprint density at radius 2 is 1.78 bits per heavy atom. The summed E-state index contributed by atoms with van der Waals surface area (Å²) < 4.78 is 5.97. The van der Waals surface area contributed by atoms with Crippen LogP contribution in [0.1, 0.15) is 73.6 Å². The van der Waals surface area contributed by atoms with Crippen LogP contribution >= 0.6 is 0 Å². The van der Waals surface area contributed by atoms with Gasteiger partial charge in [-0.3, -0.25) is 10.1 Å². The topological polar surface area (TPSA) is 70.6 Å². The quantitative estimate of drug-likeness (QED) is 0.359. The van der Waals surface area contributed by atoms with Crippen molar-refractivity contribution in [3.05, 3.63) is 0 Å². The van der Waals surface area contributed by atoms with Crippen LogP contribution in [0, 0.1) is 5.41 Å². The molecule has 1 unspecified atom stereocenters. The van der Waals surface area contributed by atoms with Gasteiger partial charge in [0.05, 0.1) is 5.60 Å². The monoisotopic (exact) mass is 330 g/mol. The summed E-state index contributed by atoms with van der Waals surface area (Å²) in [6.45, 7) is 14.2. The fraction of sp³-hybridized carbons (Fsp3) is 0.944. The van der Waals surface area contributed by atoms with Crippen molar-refractivity contribution in [1.82, 2.24) is 10.6 Å². The number of nitrogens with one attached hydrogen (secondary N) is 2. The molecule has 0 heterocycles. The summed E-state index contributed by atoms with van der Waals surface area (Å²) in [6, 6.07) is 0. The van der Waals surface area contributed by atoms with Gasteiger partial charge in [0, 0.05) is 25.0 Å². The average molecular weight is 331 g/mol. The first kappa shape index (κ1) is 22.4. The smallest absolute Gasteiger partial charge is 0.219 e. The lowest BCUT2D eigenvalue weighted by molar-refractivity contribution is -0.121. The van der Waals surface area contributed by atoms with E-state index in [4.69, 9.17) is 4.74 Å². The molecule has 138 valence electrons. The van der Waals surface area contributed by atoms with Gasteiger partial charge in [-0.05, 0) is 39.7 Å². The standard InChI is InChI=1S/C18H38N2O3/c1-7-9-12-20-16(22)17(3,4)11-14-23-18(5,6)10-13-19-15(21)8-2/h16,20,22H,7-14H2,1-6H3,(H,19,21). The van der Waals surface area contributed by atoms with E-state index in [0.29, 0.717) is 19.6 Å². The predicted molar refractivity (Wildman–Crippen MR) is 95.3 cm³/mol. The molecule has 0 aliphatic heterocycles. The Balaban J connectivity index is 4.06. The lowest BCUT2D eigenvalue weighted by Gasteiger charge is -2.33. The van der Waals surface area contributed by atoms with Crippen LogP contribution in [-0.2, 0) is 9.53 Å². The number of amides is 1. The van der Waals surface area contributed by atoms with E-state index in [0.717, 1.165) is 32.2 Å². The van der Waals surface area contributed by atoms with Gasteiger partial charge in [0.25, 0.3) is 0 Å². The average Bonchev–Trinajstić information content (AvgIpc) is 2.46. The van der Waals surface area contributed by atoms with Gasteiger partial charge in [-0.2, -0.15) is 0 Å². The Labute approximate surface area is 142 Å². The van der Waals surface area contributed by atoms with Crippen LogP contribution in [0.25, 0.3) is 0 Å². The Morgan fingerprint density at radius 3 is 2.35 bits per heavy atom. The minimum Gasteiger partial charge on any atom is -0.378 e. The molecule has 0 aromatic rings. The number of unbranched alkanes of at least 4 members (excludes halogenated alkanes) is 1. The molecule has 0 aliphatic rings. The largest absolute Gasteiger partial charge is 0.378 e. The molecule has 0 spiro atoms. The highest BCUT2D eigenvalue weighted by atomic mass is 16.5. The fourth-order valence-corrected chi connectivity index (χ4v) is 2.12. The number of aliphatic hydroxyl groups excluding tert-OH is 1. The van der Waals surface area contributed by atoms with Crippen molar-refractivity contribution in [3.8, 4) is 0 Å². The van der Waals surface area contributed by atoms with Crippen LogP contribution < -0.4 is 10.6 Å². The maximum absolute atomic E-state index is 11.2. The summed E-state index contributed by atoms with van der Waals surface area (Å²) in [4.78, 5) is 11.2. The predicted octanol–water partition coefficient (Wildman–Crippen LogP) is 2.82. The maximum Gasteiger partial charge on any atom is 0.219 e. The number of carbonyl (C=O) groups is 1. The first-order valence-corrected chi connectivity index (χ1v) is 8.96. The molecule has 0 aromatic carbocycles. The van der Waals surface area contributed by atoms with Crippen molar-refractivity contribution in [2.45, 2.75) is 85.5 Å². The Bertz CT molecular complexity index is 330. The second-order valence-corrected chi connectivity index (χ2v) is 7.51.